The van der Waals surface area contributed by atoms with Crippen LogP contribution in [-0.2, 0) is 11.2 Å². The Morgan fingerprint density at radius 1 is 0.923 bits per heavy atom. The summed E-state index contributed by atoms with van der Waals surface area (Å²) in [5.41, 5.74) is 1.32. The third-order valence-corrected chi connectivity index (χ3v) is 5.39. The summed E-state index contributed by atoms with van der Waals surface area (Å²) in [5.74, 6) is 1.72. The maximum atomic E-state index is 6.00. The number of hydrogen-bond acceptors (Lipinski definition) is 5. The zero-order valence-corrected chi connectivity index (χ0v) is 16.3. The van der Waals surface area contributed by atoms with Gasteiger partial charge in [-0.25, -0.2) is 0 Å². The summed E-state index contributed by atoms with van der Waals surface area (Å²) in [6.45, 7) is 9.16. The molecule has 2 aliphatic rings. The molecule has 2 aliphatic heterocycles. The normalized spacial score (nSPS) is 19.4. The van der Waals surface area contributed by atoms with Crippen LogP contribution in [0.25, 0.3) is 0 Å². The molecule has 0 aromatic heterocycles. The average Bonchev–Trinajstić information content (AvgIpc) is 2.70. The predicted molar refractivity (Wildman–Crippen MR) is 104 cm³/mol. The Bertz CT molecular complexity index is 526. The van der Waals surface area contributed by atoms with Crippen LogP contribution in [0.2, 0.25) is 0 Å². The molecule has 2 heterocycles. The summed E-state index contributed by atoms with van der Waals surface area (Å²) in [6.07, 6.45) is 6.25. The molecular weight excluding hydrogens is 328 g/mol. The van der Waals surface area contributed by atoms with Crippen molar-refractivity contribution in [3.05, 3.63) is 23.8 Å². The number of rotatable bonds is 9. The molecule has 0 unspecified atom stereocenters. The lowest BCUT2D eigenvalue weighted by atomic mass is 10.1. The van der Waals surface area contributed by atoms with Crippen molar-refractivity contribution in [2.75, 3.05) is 66.2 Å². The molecule has 0 saturated carbocycles. The second kappa shape index (κ2) is 10.8. The molecule has 0 aliphatic carbocycles. The van der Waals surface area contributed by atoms with Crippen LogP contribution < -0.4 is 9.47 Å². The van der Waals surface area contributed by atoms with Crippen molar-refractivity contribution in [3.63, 3.8) is 0 Å². The highest BCUT2D eigenvalue weighted by atomic mass is 16.5. The van der Waals surface area contributed by atoms with E-state index in [1.54, 1.807) is 7.11 Å². The lowest BCUT2D eigenvalue weighted by molar-refractivity contribution is 0.0374. The minimum absolute atomic E-state index is 0.729. The first-order valence-electron chi connectivity index (χ1n) is 10.2. The highest BCUT2D eigenvalue weighted by Gasteiger charge is 2.12. The minimum atomic E-state index is 0.729. The van der Waals surface area contributed by atoms with Gasteiger partial charge in [-0.2, -0.15) is 0 Å². The van der Waals surface area contributed by atoms with E-state index in [0.717, 1.165) is 70.3 Å². The molecule has 5 nitrogen and oxygen atoms in total. The van der Waals surface area contributed by atoms with Gasteiger partial charge in [-0.05, 0) is 63.0 Å². The fourth-order valence-corrected chi connectivity index (χ4v) is 3.79. The standard InChI is InChI=1S/C21H34N2O3/c1-24-21-18-19(6-5-11-23-12-15-25-16-13-23)7-8-20(21)26-17-14-22-9-3-2-4-10-22/h7-8,18H,2-6,9-17H2,1H3. The van der Waals surface area contributed by atoms with Gasteiger partial charge in [0, 0.05) is 19.6 Å². The number of aryl methyl sites for hydroxylation is 1. The third kappa shape index (κ3) is 6.15. The van der Waals surface area contributed by atoms with Gasteiger partial charge in [-0.3, -0.25) is 9.80 Å². The van der Waals surface area contributed by atoms with E-state index in [9.17, 15) is 0 Å². The van der Waals surface area contributed by atoms with Gasteiger partial charge >= 0.3 is 0 Å². The van der Waals surface area contributed by atoms with Crippen molar-refractivity contribution in [2.24, 2.45) is 0 Å². The molecule has 0 spiro atoms. The fraction of sp³-hybridized carbons (Fsp3) is 0.714. The van der Waals surface area contributed by atoms with Gasteiger partial charge in [0.2, 0.25) is 0 Å². The maximum absolute atomic E-state index is 6.00. The predicted octanol–water partition coefficient (Wildman–Crippen LogP) is 2.82. The molecule has 1 aromatic rings. The van der Waals surface area contributed by atoms with E-state index in [1.165, 1.54) is 37.9 Å². The zero-order chi connectivity index (χ0) is 18.0. The fourth-order valence-electron chi connectivity index (χ4n) is 3.79. The monoisotopic (exact) mass is 362 g/mol. The van der Waals surface area contributed by atoms with Gasteiger partial charge in [0.05, 0.1) is 20.3 Å². The minimum Gasteiger partial charge on any atom is -0.493 e. The van der Waals surface area contributed by atoms with Gasteiger partial charge in [-0.15, -0.1) is 0 Å². The van der Waals surface area contributed by atoms with Crippen LogP contribution in [0.5, 0.6) is 11.5 Å². The number of nitrogens with zero attached hydrogens (tertiary/aromatic N) is 2. The number of piperidine rings is 1. The van der Waals surface area contributed by atoms with E-state index in [-0.39, 0.29) is 0 Å². The van der Waals surface area contributed by atoms with Crippen molar-refractivity contribution in [3.8, 4) is 11.5 Å². The maximum Gasteiger partial charge on any atom is 0.161 e. The quantitative estimate of drug-likeness (QED) is 0.675. The van der Waals surface area contributed by atoms with E-state index in [2.05, 4.69) is 28.0 Å². The molecule has 0 amide bonds. The van der Waals surface area contributed by atoms with Crippen molar-refractivity contribution < 1.29 is 14.2 Å². The molecular formula is C21H34N2O3. The zero-order valence-electron chi connectivity index (χ0n) is 16.3. The van der Waals surface area contributed by atoms with Crippen LogP contribution >= 0.6 is 0 Å². The van der Waals surface area contributed by atoms with E-state index < -0.39 is 0 Å². The molecule has 2 saturated heterocycles. The second-order valence-electron chi connectivity index (χ2n) is 7.29. The number of ether oxygens (including phenoxy) is 3. The van der Waals surface area contributed by atoms with Gasteiger partial charge in [0.25, 0.3) is 0 Å². The van der Waals surface area contributed by atoms with Crippen LogP contribution in [0.4, 0.5) is 0 Å². The molecule has 3 rings (SSSR count). The lowest BCUT2D eigenvalue weighted by Gasteiger charge is -2.26. The summed E-state index contributed by atoms with van der Waals surface area (Å²) in [5, 5.41) is 0. The number of methoxy groups -OCH3 is 1. The molecule has 2 fully saturated rings. The lowest BCUT2D eigenvalue weighted by Crippen LogP contribution is -2.36. The largest absolute Gasteiger partial charge is 0.493 e. The number of morpholine rings is 1. The molecule has 1 aromatic carbocycles. The SMILES string of the molecule is COc1cc(CCCN2CCOCC2)ccc1OCCN1CCCCC1. The summed E-state index contributed by atoms with van der Waals surface area (Å²) in [4.78, 5) is 4.98. The molecule has 0 N–H and O–H groups in total. The van der Waals surface area contributed by atoms with E-state index in [0.29, 0.717) is 0 Å². The number of hydrogen-bond donors (Lipinski definition) is 0. The molecule has 5 heteroatoms. The highest BCUT2D eigenvalue weighted by molar-refractivity contribution is 5.43. The molecule has 146 valence electrons. The highest BCUT2D eigenvalue weighted by Crippen LogP contribution is 2.28. The summed E-state index contributed by atoms with van der Waals surface area (Å²) in [7, 11) is 1.73. The van der Waals surface area contributed by atoms with Crippen molar-refractivity contribution in [1.82, 2.24) is 9.80 Å². The second-order valence-corrected chi connectivity index (χ2v) is 7.29. The Morgan fingerprint density at radius 3 is 2.46 bits per heavy atom. The van der Waals surface area contributed by atoms with Crippen molar-refractivity contribution >= 4 is 0 Å². The van der Waals surface area contributed by atoms with Gasteiger partial charge in [0.15, 0.2) is 11.5 Å². The first-order valence-corrected chi connectivity index (χ1v) is 10.2. The Balaban J connectivity index is 1.42. The third-order valence-electron chi connectivity index (χ3n) is 5.39. The van der Waals surface area contributed by atoms with Gasteiger partial charge in [-0.1, -0.05) is 12.5 Å². The first-order chi connectivity index (χ1) is 12.8. The Morgan fingerprint density at radius 2 is 1.69 bits per heavy atom. The van der Waals surface area contributed by atoms with Crippen molar-refractivity contribution in [2.45, 2.75) is 32.1 Å². The van der Waals surface area contributed by atoms with E-state index in [1.807, 2.05) is 0 Å². The topological polar surface area (TPSA) is 34.2 Å². The van der Waals surface area contributed by atoms with Gasteiger partial charge in [0.1, 0.15) is 6.61 Å². The van der Waals surface area contributed by atoms with Crippen LogP contribution in [0.15, 0.2) is 18.2 Å². The summed E-state index contributed by atoms with van der Waals surface area (Å²) in [6, 6.07) is 6.38. The van der Waals surface area contributed by atoms with E-state index in [4.69, 9.17) is 14.2 Å². The Kier molecular flexibility index (Phi) is 8.05. The Labute approximate surface area is 158 Å². The van der Waals surface area contributed by atoms with Crippen LogP contribution in [0.3, 0.4) is 0 Å². The smallest absolute Gasteiger partial charge is 0.161 e. The molecule has 0 radical (unpaired) electrons. The molecule has 0 atom stereocenters. The number of benzene rings is 1. The first kappa shape index (κ1) is 19.5. The number of likely N-dealkylation sites (tertiary alicyclic amines) is 1. The molecule has 0 bridgehead atoms. The Hall–Kier alpha value is -1.30. The van der Waals surface area contributed by atoms with E-state index >= 15 is 0 Å². The summed E-state index contributed by atoms with van der Waals surface area (Å²) < 4.78 is 17.0. The van der Waals surface area contributed by atoms with Crippen LogP contribution in [0, 0.1) is 0 Å². The van der Waals surface area contributed by atoms with Gasteiger partial charge < -0.3 is 14.2 Å². The average molecular weight is 363 g/mol. The summed E-state index contributed by atoms with van der Waals surface area (Å²) >= 11 is 0. The van der Waals surface area contributed by atoms with Crippen LogP contribution in [0.1, 0.15) is 31.2 Å². The van der Waals surface area contributed by atoms with Crippen LogP contribution in [-0.4, -0.2) is 76.0 Å². The van der Waals surface area contributed by atoms with Crippen molar-refractivity contribution in [1.29, 1.82) is 0 Å². The molecule has 26 heavy (non-hydrogen) atoms.